The van der Waals surface area contributed by atoms with Crippen LogP contribution in [0.5, 0.6) is 0 Å². The highest BCUT2D eigenvalue weighted by atomic mass is 32.2. The first kappa shape index (κ1) is 25.8. The second-order valence-electron chi connectivity index (χ2n) is 5.45. The molecule has 0 saturated carbocycles. The van der Waals surface area contributed by atoms with Crippen molar-refractivity contribution >= 4 is 40.6 Å². The van der Waals surface area contributed by atoms with Gasteiger partial charge in [0.1, 0.15) is 24.7 Å². The predicted molar refractivity (Wildman–Crippen MR) is 97.0 cm³/mol. The first-order valence-corrected chi connectivity index (χ1v) is 9.27. The summed E-state index contributed by atoms with van der Waals surface area (Å²) < 4.78 is 4.65. The van der Waals surface area contributed by atoms with Crippen LogP contribution in [0, 0.1) is 0 Å². The Hall–Kier alpha value is -2.22. The van der Waals surface area contributed by atoms with Crippen LogP contribution in [0.4, 0.5) is 0 Å². The predicted octanol–water partition coefficient (Wildman–Crippen LogP) is -3.04. The van der Waals surface area contributed by atoms with Crippen LogP contribution in [0.15, 0.2) is 0 Å². The number of thioether (sulfide) groups is 1. The molecule has 0 spiro atoms. The van der Waals surface area contributed by atoms with Crippen molar-refractivity contribution in [3.05, 3.63) is 0 Å². The van der Waals surface area contributed by atoms with Crippen LogP contribution in [0.25, 0.3) is 0 Å². The minimum absolute atomic E-state index is 0.113. The average Bonchev–Trinajstić information content (AvgIpc) is 2.66. The minimum atomic E-state index is -1.64. The van der Waals surface area contributed by atoms with Crippen LogP contribution in [-0.2, 0) is 28.7 Å². The largest absolute Gasteiger partial charge is 0.480 e. The van der Waals surface area contributed by atoms with Crippen LogP contribution in [0.2, 0.25) is 0 Å². The van der Waals surface area contributed by atoms with Crippen molar-refractivity contribution in [3.8, 4) is 0 Å². The van der Waals surface area contributed by atoms with Gasteiger partial charge in [0.05, 0.1) is 13.2 Å². The van der Waals surface area contributed by atoms with E-state index in [9.17, 15) is 29.1 Å². The zero-order chi connectivity index (χ0) is 21.7. The van der Waals surface area contributed by atoms with E-state index in [4.69, 9.17) is 15.9 Å². The molecule has 0 rings (SSSR count). The molecule has 0 heterocycles. The molecule has 2 amide bonds. The Morgan fingerprint density at radius 3 is 2.39 bits per heavy atom. The van der Waals surface area contributed by atoms with Gasteiger partial charge in [-0.05, 0) is 13.3 Å². The quantitative estimate of drug-likeness (QED) is 0.164. The number of nitrogens with one attached hydrogen (secondary N) is 2. The van der Waals surface area contributed by atoms with E-state index in [2.05, 4.69) is 15.4 Å². The van der Waals surface area contributed by atoms with Crippen molar-refractivity contribution in [1.82, 2.24) is 10.6 Å². The number of rotatable bonds is 13. The summed E-state index contributed by atoms with van der Waals surface area (Å²) in [5.74, 6) is -3.75. The first-order valence-electron chi connectivity index (χ1n) is 8.28. The number of amides is 2. The third-order valence-electron chi connectivity index (χ3n) is 3.20. The van der Waals surface area contributed by atoms with Crippen LogP contribution >= 0.6 is 11.8 Å². The summed E-state index contributed by atoms with van der Waals surface area (Å²) in [4.78, 5) is 57.7. The number of hydrogen-bond donors (Lipinski definition) is 6. The number of carbonyl (C=O) groups is 5. The second-order valence-corrected chi connectivity index (χ2v) is 6.48. The number of carbonyl (C=O) groups excluding carboxylic acids is 4. The lowest BCUT2D eigenvalue weighted by molar-refractivity contribution is -0.143. The summed E-state index contributed by atoms with van der Waals surface area (Å²) >= 11 is 0.502. The van der Waals surface area contributed by atoms with E-state index in [-0.39, 0.29) is 25.2 Å². The van der Waals surface area contributed by atoms with Crippen molar-refractivity contribution in [2.45, 2.75) is 38.0 Å². The van der Waals surface area contributed by atoms with E-state index in [1.54, 1.807) is 6.92 Å². The van der Waals surface area contributed by atoms with E-state index < -0.39 is 60.2 Å². The van der Waals surface area contributed by atoms with E-state index in [0.717, 1.165) is 0 Å². The SMILES string of the molecule is CCOC(=O)CNC(=O)[C@H](CSC(=O)[C@@H](O)CO)NC(=O)CC[C@H](N)C(=O)O. The highest BCUT2D eigenvalue weighted by Crippen LogP contribution is 2.09. The second kappa shape index (κ2) is 13.9. The Balaban J connectivity index is 4.83. The molecule has 0 aromatic heterocycles. The monoisotopic (exact) mass is 423 g/mol. The molecule has 12 nitrogen and oxygen atoms in total. The zero-order valence-corrected chi connectivity index (χ0v) is 16.1. The van der Waals surface area contributed by atoms with E-state index >= 15 is 0 Å². The number of nitrogens with two attached hydrogens (primary N) is 1. The molecule has 3 atom stereocenters. The molecule has 0 aromatic carbocycles. The van der Waals surface area contributed by atoms with Crippen molar-refractivity contribution in [3.63, 3.8) is 0 Å². The Morgan fingerprint density at radius 1 is 1.21 bits per heavy atom. The molecule has 0 fully saturated rings. The first-order chi connectivity index (χ1) is 13.1. The van der Waals surface area contributed by atoms with Crippen LogP contribution in [-0.4, -0.2) is 87.9 Å². The molecule has 7 N–H and O–H groups in total. The Kier molecular flexibility index (Phi) is 12.8. The Labute approximate surface area is 165 Å². The summed E-state index contributed by atoms with van der Waals surface area (Å²) in [5, 5.41) is 30.4. The molecular weight excluding hydrogens is 398 g/mol. The van der Waals surface area contributed by atoms with Crippen LogP contribution in [0.3, 0.4) is 0 Å². The maximum absolute atomic E-state index is 12.2. The van der Waals surface area contributed by atoms with Gasteiger partial charge in [-0.15, -0.1) is 0 Å². The molecule has 0 aliphatic rings. The number of aliphatic hydroxyl groups excluding tert-OH is 2. The van der Waals surface area contributed by atoms with Gasteiger partial charge in [-0.25, -0.2) is 0 Å². The summed E-state index contributed by atoms with van der Waals surface area (Å²) in [6, 6.07) is -2.51. The lowest BCUT2D eigenvalue weighted by atomic mass is 10.1. The van der Waals surface area contributed by atoms with Crippen molar-refractivity contribution < 1.29 is 44.0 Å². The third kappa shape index (κ3) is 10.8. The summed E-state index contributed by atoms with van der Waals surface area (Å²) in [6.45, 7) is 0.438. The number of ether oxygens (including phenoxy) is 1. The molecule has 0 saturated heterocycles. The fourth-order valence-corrected chi connectivity index (χ4v) is 2.52. The molecule has 0 aliphatic heterocycles. The van der Waals surface area contributed by atoms with Crippen molar-refractivity contribution in [2.24, 2.45) is 5.73 Å². The van der Waals surface area contributed by atoms with E-state index in [0.29, 0.717) is 11.8 Å². The van der Waals surface area contributed by atoms with E-state index in [1.807, 2.05) is 0 Å². The van der Waals surface area contributed by atoms with Crippen LogP contribution in [0.1, 0.15) is 19.8 Å². The van der Waals surface area contributed by atoms with Gasteiger partial charge >= 0.3 is 11.9 Å². The number of hydrogen-bond acceptors (Lipinski definition) is 10. The fraction of sp³-hybridized carbons (Fsp3) is 0.667. The zero-order valence-electron chi connectivity index (χ0n) is 15.3. The standard InChI is InChI=1S/C15H25N3O9S/c1-2-27-12(22)5-17-13(23)9(7-28-15(26)10(20)6-19)18-11(21)4-3-8(16)14(24)25/h8-10,19-20H,2-7,16H2,1H3,(H,17,23)(H,18,21)(H,24,25)/t8-,9-,10-/m0/s1. The Morgan fingerprint density at radius 2 is 1.86 bits per heavy atom. The van der Waals surface area contributed by atoms with Gasteiger partial charge in [-0.3, -0.25) is 24.0 Å². The molecule has 28 heavy (non-hydrogen) atoms. The highest BCUT2D eigenvalue weighted by Gasteiger charge is 2.25. The Bertz CT molecular complexity index is 573. The molecule has 160 valence electrons. The molecule has 0 radical (unpaired) electrons. The number of aliphatic carboxylic acids is 1. The summed E-state index contributed by atoms with van der Waals surface area (Å²) in [5.41, 5.74) is 5.30. The van der Waals surface area contributed by atoms with Gasteiger partial charge in [0, 0.05) is 12.2 Å². The molecule has 0 bridgehead atoms. The third-order valence-corrected chi connectivity index (χ3v) is 4.26. The van der Waals surface area contributed by atoms with Gasteiger partial charge in [-0.2, -0.15) is 0 Å². The molecular formula is C15H25N3O9S. The summed E-state index contributed by atoms with van der Waals surface area (Å²) in [7, 11) is 0. The molecule has 13 heteroatoms. The average molecular weight is 423 g/mol. The lowest BCUT2D eigenvalue weighted by Crippen LogP contribution is -2.50. The maximum Gasteiger partial charge on any atom is 0.325 e. The van der Waals surface area contributed by atoms with Gasteiger partial charge < -0.3 is 36.4 Å². The summed E-state index contributed by atoms with van der Waals surface area (Å²) in [6.07, 6.45) is -2.10. The number of carboxylic acid groups (broad SMARTS) is 1. The van der Waals surface area contributed by atoms with Crippen LogP contribution < -0.4 is 16.4 Å². The van der Waals surface area contributed by atoms with Crippen molar-refractivity contribution in [2.75, 3.05) is 25.5 Å². The molecule has 0 aromatic rings. The molecule has 0 unspecified atom stereocenters. The number of aliphatic hydroxyl groups is 2. The minimum Gasteiger partial charge on any atom is -0.480 e. The highest BCUT2D eigenvalue weighted by molar-refractivity contribution is 8.13. The van der Waals surface area contributed by atoms with Gasteiger partial charge in [0.25, 0.3) is 0 Å². The number of esters is 1. The molecule has 0 aliphatic carbocycles. The lowest BCUT2D eigenvalue weighted by Gasteiger charge is -2.18. The van der Waals surface area contributed by atoms with Crippen molar-refractivity contribution in [1.29, 1.82) is 0 Å². The van der Waals surface area contributed by atoms with Gasteiger partial charge in [0.15, 0.2) is 0 Å². The normalized spacial score (nSPS) is 13.7. The van der Waals surface area contributed by atoms with E-state index in [1.165, 1.54) is 0 Å². The van der Waals surface area contributed by atoms with Gasteiger partial charge in [0.2, 0.25) is 16.9 Å². The topological polar surface area (TPSA) is 205 Å². The fourth-order valence-electron chi connectivity index (χ4n) is 1.69. The van der Waals surface area contributed by atoms with Gasteiger partial charge in [-0.1, -0.05) is 11.8 Å². The maximum atomic E-state index is 12.2. The number of carboxylic acids is 1. The smallest absolute Gasteiger partial charge is 0.325 e.